The third-order valence-electron chi connectivity index (χ3n) is 2.53. The van der Waals surface area contributed by atoms with E-state index in [0.29, 0.717) is 4.57 Å². The van der Waals surface area contributed by atoms with Crippen molar-refractivity contribution < 1.29 is 22.7 Å². The molecule has 102 valence electrons. The van der Waals surface area contributed by atoms with Gasteiger partial charge in [0.15, 0.2) is 0 Å². The lowest BCUT2D eigenvalue weighted by Crippen LogP contribution is -2.26. The summed E-state index contributed by atoms with van der Waals surface area (Å²) in [6.45, 7) is -1.42. The number of aromatic nitrogens is 2. The van der Waals surface area contributed by atoms with E-state index in [0.717, 1.165) is 7.11 Å². The molecule has 0 aliphatic carbocycles. The summed E-state index contributed by atoms with van der Waals surface area (Å²) >= 11 is 0. The molecule has 0 amide bonds. The molecule has 0 spiro atoms. The highest BCUT2D eigenvalue weighted by Gasteiger charge is 2.29. The fourth-order valence-corrected chi connectivity index (χ4v) is 1.73. The van der Waals surface area contributed by atoms with Crippen LogP contribution >= 0.6 is 0 Å². The molecular weight excluding hydrogens is 265 g/mol. The number of rotatable bonds is 2. The molecule has 0 unspecified atom stereocenters. The molecule has 0 saturated carbocycles. The number of imidazole rings is 1. The maximum atomic E-state index is 12.4. The molecule has 19 heavy (non-hydrogen) atoms. The van der Waals surface area contributed by atoms with Gasteiger partial charge in [0.05, 0.1) is 23.7 Å². The van der Waals surface area contributed by atoms with E-state index >= 15 is 0 Å². The van der Waals surface area contributed by atoms with Crippen LogP contribution in [0.15, 0.2) is 23.0 Å². The summed E-state index contributed by atoms with van der Waals surface area (Å²) < 4.78 is 42.2. The van der Waals surface area contributed by atoms with Crippen LogP contribution in [0.3, 0.4) is 0 Å². The second-order valence-corrected chi connectivity index (χ2v) is 3.85. The van der Waals surface area contributed by atoms with Crippen LogP contribution < -0.4 is 5.69 Å². The number of methoxy groups -OCH3 is 1. The minimum Gasteiger partial charge on any atom is -0.465 e. The van der Waals surface area contributed by atoms with Crippen molar-refractivity contribution in [1.29, 1.82) is 0 Å². The van der Waals surface area contributed by atoms with Crippen LogP contribution in [0.5, 0.6) is 0 Å². The van der Waals surface area contributed by atoms with Gasteiger partial charge in [-0.15, -0.1) is 0 Å². The van der Waals surface area contributed by atoms with Gasteiger partial charge in [0.1, 0.15) is 6.54 Å². The molecule has 1 heterocycles. The number of nitrogens with zero attached hydrogens (tertiary/aromatic N) is 1. The van der Waals surface area contributed by atoms with Crippen LogP contribution in [-0.2, 0) is 11.3 Å². The van der Waals surface area contributed by atoms with Gasteiger partial charge in [-0.05, 0) is 18.2 Å². The van der Waals surface area contributed by atoms with Crippen molar-refractivity contribution in [2.24, 2.45) is 0 Å². The van der Waals surface area contributed by atoms with Gasteiger partial charge in [0.25, 0.3) is 0 Å². The molecule has 2 aromatic rings. The number of H-pyrrole nitrogens is 1. The van der Waals surface area contributed by atoms with Crippen molar-refractivity contribution >= 4 is 17.0 Å². The topological polar surface area (TPSA) is 64.1 Å². The van der Waals surface area contributed by atoms with Crippen LogP contribution in [0, 0.1) is 0 Å². The maximum Gasteiger partial charge on any atom is 0.406 e. The van der Waals surface area contributed by atoms with Crippen LogP contribution in [-0.4, -0.2) is 28.8 Å². The third kappa shape index (κ3) is 2.61. The Balaban J connectivity index is 2.60. The highest BCUT2D eigenvalue weighted by Crippen LogP contribution is 2.20. The van der Waals surface area contributed by atoms with Crippen molar-refractivity contribution in [1.82, 2.24) is 9.55 Å². The summed E-state index contributed by atoms with van der Waals surface area (Å²) in [4.78, 5) is 25.1. The predicted molar refractivity (Wildman–Crippen MR) is 60.0 cm³/mol. The minimum atomic E-state index is -4.53. The van der Waals surface area contributed by atoms with Crippen molar-refractivity contribution in [3.8, 4) is 0 Å². The first-order valence-corrected chi connectivity index (χ1v) is 5.19. The maximum absolute atomic E-state index is 12.4. The Hall–Kier alpha value is -2.25. The lowest BCUT2D eigenvalue weighted by Gasteiger charge is -2.07. The first-order valence-electron chi connectivity index (χ1n) is 5.19. The predicted octanol–water partition coefficient (Wildman–Crippen LogP) is 1.68. The average Bonchev–Trinajstić information content (AvgIpc) is 2.62. The SMILES string of the molecule is COC(=O)c1ccc2[nH]c(=O)n(CC(F)(F)F)c2c1. The molecular formula is C11H9F3N2O3. The Morgan fingerprint density at radius 2 is 2.11 bits per heavy atom. The first-order chi connectivity index (χ1) is 8.81. The fourth-order valence-electron chi connectivity index (χ4n) is 1.73. The molecule has 8 heteroatoms. The van der Waals surface area contributed by atoms with E-state index in [4.69, 9.17) is 0 Å². The molecule has 0 aliphatic rings. The Bertz CT molecular complexity index is 685. The Kier molecular flexibility index (Phi) is 3.09. The normalized spacial score (nSPS) is 11.8. The van der Waals surface area contributed by atoms with E-state index < -0.39 is 24.4 Å². The van der Waals surface area contributed by atoms with Crippen molar-refractivity contribution in [3.63, 3.8) is 0 Å². The number of carbonyl (C=O) groups is 1. The number of benzene rings is 1. The lowest BCUT2D eigenvalue weighted by atomic mass is 10.2. The van der Waals surface area contributed by atoms with Gasteiger partial charge in [0.2, 0.25) is 0 Å². The molecule has 0 fully saturated rings. The Morgan fingerprint density at radius 3 is 2.68 bits per heavy atom. The molecule has 1 aromatic carbocycles. The number of aromatic amines is 1. The second kappa shape index (κ2) is 4.45. The zero-order chi connectivity index (χ0) is 14.2. The fraction of sp³-hybridized carbons (Fsp3) is 0.273. The van der Waals surface area contributed by atoms with Crippen molar-refractivity contribution in [3.05, 3.63) is 34.2 Å². The highest BCUT2D eigenvalue weighted by molar-refractivity contribution is 5.93. The number of carbonyl (C=O) groups excluding carboxylic acids is 1. The molecule has 0 atom stereocenters. The van der Waals surface area contributed by atoms with Crippen LogP contribution in [0.2, 0.25) is 0 Å². The molecule has 0 bridgehead atoms. The summed E-state index contributed by atoms with van der Waals surface area (Å²) in [5.41, 5.74) is -0.577. The molecule has 1 aromatic heterocycles. The van der Waals surface area contributed by atoms with E-state index in [-0.39, 0.29) is 16.6 Å². The number of halogens is 3. The summed E-state index contributed by atoms with van der Waals surface area (Å²) in [5.74, 6) is -0.686. The van der Waals surface area contributed by atoms with E-state index in [2.05, 4.69) is 9.72 Å². The van der Waals surface area contributed by atoms with Gasteiger partial charge in [-0.3, -0.25) is 4.57 Å². The minimum absolute atomic E-state index is 0.00484. The number of ether oxygens (including phenoxy) is 1. The van der Waals surface area contributed by atoms with Gasteiger partial charge >= 0.3 is 17.8 Å². The number of hydrogen-bond acceptors (Lipinski definition) is 3. The quantitative estimate of drug-likeness (QED) is 0.847. The Labute approximate surface area is 104 Å². The molecule has 2 rings (SSSR count). The van der Waals surface area contributed by atoms with Gasteiger partial charge in [-0.25, -0.2) is 9.59 Å². The summed E-state index contributed by atoms with van der Waals surface area (Å²) in [6.07, 6.45) is -4.53. The zero-order valence-corrected chi connectivity index (χ0v) is 9.75. The standard InChI is InChI=1S/C11H9F3N2O3/c1-19-9(17)6-2-3-7-8(4-6)16(10(18)15-7)5-11(12,13)14/h2-4H,5H2,1H3,(H,15,18). The van der Waals surface area contributed by atoms with Crippen LogP contribution in [0.1, 0.15) is 10.4 Å². The van der Waals surface area contributed by atoms with Crippen LogP contribution in [0.25, 0.3) is 11.0 Å². The second-order valence-electron chi connectivity index (χ2n) is 3.85. The van der Waals surface area contributed by atoms with Gasteiger partial charge in [0, 0.05) is 0 Å². The average molecular weight is 274 g/mol. The number of alkyl halides is 3. The smallest absolute Gasteiger partial charge is 0.406 e. The number of nitrogens with one attached hydrogen (secondary N) is 1. The summed E-state index contributed by atoms with van der Waals surface area (Å²) in [6, 6.07) is 3.91. The van der Waals surface area contributed by atoms with Crippen LogP contribution in [0.4, 0.5) is 13.2 Å². The van der Waals surface area contributed by atoms with E-state index in [9.17, 15) is 22.8 Å². The lowest BCUT2D eigenvalue weighted by molar-refractivity contribution is -0.140. The molecule has 1 N–H and O–H groups in total. The molecule has 0 radical (unpaired) electrons. The number of fused-ring (bicyclic) bond motifs is 1. The first kappa shape index (κ1) is 13.2. The third-order valence-corrected chi connectivity index (χ3v) is 2.53. The van der Waals surface area contributed by atoms with Crippen molar-refractivity contribution in [2.45, 2.75) is 12.7 Å². The number of esters is 1. The summed E-state index contributed by atoms with van der Waals surface area (Å²) in [5, 5.41) is 0. The number of hydrogen-bond donors (Lipinski definition) is 1. The Morgan fingerprint density at radius 1 is 1.42 bits per heavy atom. The zero-order valence-electron chi connectivity index (χ0n) is 9.75. The largest absolute Gasteiger partial charge is 0.465 e. The molecule has 0 saturated heterocycles. The highest BCUT2D eigenvalue weighted by atomic mass is 19.4. The molecule has 5 nitrogen and oxygen atoms in total. The molecule has 0 aliphatic heterocycles. The van der Waals surface area contributed by atoms with E-state index in [1.165, 1.54) is 18.2 Å². The van der Waals surface area contributed by atoms with E-state index in [1.807, 2.05) is 0 Å². The van der Waals surface area contributed by atoms with Crippen molar-refractivity contribution in [2.75, 3.05) is 7.11 Å². The van der Waals surface area contributed by atoms with Gasteiger partial charge in [-0.1, -0.05) is 0 Å². The van der Waals surface area contributed by atoms with Gasteiger partial charge < -0.3 is 9.72 Å². The van der Waals surface area contributed by atoms with Gasteiger partial charge in [-0.2, -0.15) is 13.2 Å². The summed E-state index contributed by atoms with van der Waals surface area (Å²) in [7, 11) is 1.16. The monoisotopic (exact) mass is 274 g/mol. The van der Waals surface area contributed by atoms with E-state index in [1.54, 1.807) is 0 Å².